The number of nitrogens with zero attached hydrogens (tertiary/aromatic N) is 1. The van der Waals surface area contributed by atoms with E-state index in [9.17, 15) is 9.59 Å². The standard InChI is InChI=1S/C13H22N2O2/c1-2-3-6-9-15-10-11(16)14-13(12(15)17)7-4-5-8-13/h2-10H2,1H3,(H,14,16). The van der Waals surface area contributed by atoms with Gasteiger partial charge in [-0.25, -0.2) is 0 Å². The van der Waals surface area contributed by atoms with E-state index >= 15 is 0 Å². The van der Waals surface area contributed by atoms with Crippen LogP contribution in [0.15, 0.2) is 0 Å². The van der Waals surface area contributed by atoms with Gasteiger partial charge >= 0.3 is 0 Å². The Morgan fingerprint density at radius 1 is 1.24 bits per heavy atom. The summed E-state index contributed by atoms with van der Waals surface area (Å²) in [6.07, 6.45) is 7.01. The van der Waals surface area contributed by atoms with Gasteiger partial charge in [-0.1, -0.05) is 32.6 Å². The van der Waals surface area contributed by atoms with Gasteiger partial charge in [0.15, 0.2) is 0 Å². The third-order valence-corrected chi connectivity index (χ3v) is 3.90. The molecule has 2 amide bonds. The number of carbonyl (C=O) groups excluding carboxylic acids is 2. The molecular formula is C13H22N2O2. The lowest BCUT2D eigenvalue weighted by Gasteiger charge is -2.39. The van der Waals surface area contributed by atoms with E-state index in [2.05, 4.69) is 12.2 Å². The number of unbranched alkanes of at least 4 members (excludes halogenated alkanes) is 2. The molecule has 1 saturated heterocycles. The fraction of sp³-hybridized carbons (Fsp3) is 0.846. The number of piperazine rings is 1. The lowest BCUT2D eigenvalue weighted by molar-refractivity contribution is -0.149. The van der Waals surface area contributed by atoms with Gasteiger partial charge in [-0.05, 0) is 19.3 Å². The first-order valence-electron chi connectivity index (χ1n) is 6.78. The van der Waals surface area contributed by atoms with Crippen LogP contribution >= 0.6 is 0 Å². The van der Waals surface area contributed by atoms with E-state index in [0.29, 0.717) is 0 Å². The molecule has 2 aliphatic rings. The average molecular weight is 238 g/mol. The zero-order valence-corrected chi connectivity index (χ0v) is 10.6. The van der Waals surface area contributed by atoms with Crippen molar-refractivity contribution >= 4 is 11.8 Å². The maximum absolute atomic E-state index is 12.4. The Labute approximate surface area is 103 Å². The maximum atomic E-state index is 12.4. The van der Waals surface area contributed by atoms with Crippen molar-refractivity contribution in [1.29, 1.82) is 0 Å². The number of hydrogen-bond donors (Lipinski definition) is 1. The van der Waals surface area contributed by atoms with Crippen molar-refractivity contribution in [1.82, 2.24) is 10.2 Å². The van der Waals surface area contributed by atoms with E-state index in [1.807, 2.05) is 0 Å². The molecule has 4 heteroatoms. The minimum Gasteiger partial charge on any atom is -0.340 e. The van der Waals surface area contributed by atoms with Gasteiger partial charge in [0, 0.05) is 6.54 Å². The molecule has 4 nitrogen and oxygen atoms in total. The SMILES string of the molecule is CCCCCN1CC(=O)NC2(CCCC2)C1=O. The van der Waals surface area contributed by atoms with Crippen molar-refractivity contribution in [2.75, 3.05) is 13.1 Å². The first-order chi connectivity index (χ1) is 8.18. The largest absolute Gasteiger partial charge is 0.340 e. The van der Waals surface area contributed by atoms with Crippen LogP contribution in [0.3, 0.4) is 0 Å². The topological polar surface area (TPSA) is 49.4 Å². The van der Waals surface area contributed by atoms with E-state index < -0.39 is 5.54 Å². The summed E-state index contributed by atoms with van der Waals surface area (Å²) in [5, 5.41) is 2.93. The lowest BCUT2D eigenvalue weighted by atomic mass is 9.93. The highest BCUT2D eigenvalue weighted by Crippen LogP contribution is 2.33. The smallest absolute Gasteiger partial charge is 0.248 e. The summed E-state index contributed by atoms with van der Waals surface area (Å²) in [4.78, 5) is 25.9. The van der Waals surface area contributed by atoms with E-state index in [0.717, 1.165) is 51.5 Å². The molecule has 1 aliphatic carbocycles. The van der Waals surface area contributed by atoms with Gasteiger partial charge in [0.1, 0.15) is 5.54 Å². The summed E-state index contributed by atoms with van der Waals surface area (Å²) in [5.74, 6) is 0.175. The molecule has 0 unspecified atom stereocenters. The first-order valence-corrected chi connectivity index (χ1v) is 6.78. The highest BCUT2D eigenvalue weighted by Gasteiger charge is 2.47. The minimum absolute atomic E-state index is 0.0167. The Balaban J connectivity index is 2.01. The number of amides is 2. The van der Waals surface area contributed by atoms with Crippen LogP contribution in [0.2, 0.25) is 0 Å². The van der Waals surface area contributed by atoms with Crippen LogP contribution in [-0.4, -0.2) is 35.3 Å². The fourth-order valence-electron chi connectivity index (χ4n) is 2.96. The summed E-state index contributed by atoms with van der Waals surface area (Å²) in [6, 6.07) is 0. The molecule has 96 valence electrons. The monoisotopic (exact) mass is 238 g/mol. The summed E-state index contributed by atoms with van der Waals surface area (Å²) >= 11 is 0. The molecule has 17 heavy (non-hydrogen) atoms. The molecule has 1 N–H and O–H groups in total. The number of carbonyl (C=O) groups is 2. The van der Waals surface area contributed by atoms with Crippen LogP contribution in [0.5, 0.6) is 0 Å². The zero-order chi connectivity index (χ0) is 12.3. The van der Waals surface area contributed by atoms with Crippen LogP contribution in [0.4, 0.5) is 0 Å². The number of nitrogens with one attached hydrogen (secondary N) is 1. The third kappa shape index (κ3) is 2.45. The second-order valence-electron chi connectivity index (χ2n) is 5.27. The molecule has 1 spiro atoms. The second kappa shape index (κ2) is 5.07. The maximum Gasteiger partial charge on any atom is 0.248 e. The zero-order valence-electron chi connectivity index (χ0n) is 10.6. The minimum atomic E-state index is -0.540. The summed E-state index contributed by atoms with van der Waals surface area (Å²) in [6.45, 7) is 3.13. The molecule has 0 aromatic rings. The number of rotatable bonds is 4. The van der Waals surface area contributed by atoms with Crippen LogP contribution in [0.1, 0.15) is 51.9 Å². The van der Waals surface area contributed by atoms with Crippen LogP contribution in [0, 0.1) is 0 Å². The number of hydrogen-bond acceptors (Lipinski definition) is 2. The Morgan fingerprint density at radius 3 is 2.59 bits per heavy atom. The van der Waals surface area contributed by atoms with E-state index in [-0.39, 0.29) is 18.4 Å². The van der Waals surface area contributed by atoms with Gasteiger partial charge in [-0.15, -0.1) is 0 Å². The molecule has 0 bridgehead atoms. The Kier molecular flexibility index (Phi) is 3.69. The molecule has 0 atom stereocenters. The Morgan fingerprint density at radius 2 is 1.94 bits per heavy atom. The van der Waals surface area contributed by atoms with E-state index in [1.165, 1.54) is 0 Å². The van der Waals surface area contributed by atoms with Gasteiger partial charge in [0.25, 0.3) is 0 Å². The molecular weight excluding hydrogens is 216 g/mol. The quantitative estimate of drug-likeness (QED) is 0.754. The normalized spacial score (nSPS) is 23.2. The summed E-state index contributed by atoms with van der Waals surface area (Å²) in [5.41, 5.74) is -0.540. The molecule has 2 fully saturated rings. The molecule has 0 aromatic carbocycles. The highest BCUT2D eigenvalue weighted by atomic mass is 16.2. The van der Waals surface area contributed by atoms with Crippen molar-refractivity contribution in [3.8, 4) is 0 Å². The van der Waals surface area contributed by atoms with Crippen LogP contribution in [-0.2, 0) is 9.59 Å². The molecule has 0 radical (unpaired) electrons. The molecule has 1 heterocycles. The predicted octanol–water partition coefficient (Wildman–Crippen LogP) is 1.45. The predicted molar refractivity (Wildman–Crippen MR) is 65.4 cm³/mol. The molecule has 1 aliphatic heterocycles. The summed E-state index contributed by atoms with van der Waals surface area (Å²) < 4.78 is 0. The molecule has 2 rings (SSSR count). The average Bonchev–Trinajstić information content (AvgIpc) is 2.75. The van der Waals surface area contributed by atoms with Crippen molar-refractivity contribution in [2.24, 2.45) is 0 Å². The van der Waals surface area contributed by atoms with Crippen molar-refractivity contribution in [3.05, 3.63) is 0 Å². The Hall–Kier alpha value is -1.06. The van der Waals surface area contributed by atoms with E-state index in [4.69, 9.17) is 0 Å². The summed E-state index contributed by atoms with van der Waals surface area (Å²) in [7, 11) is 0. The molecule has 1 saturated carbocycles. The lowest BCUT2D eigenvalue weighted by Crippen LogP contribution is -2.65. The molecule has 0 aromatic heterocycles. The van der Waals surface area contributed by atoms with Gasteiger partial charge in [-0.2, -0.15) is 0 Å². The fourth-order valence-corrected chi connectivity index (χ4v) is 2.96. The highest BCUT2D eigenvalue weighted by molar-refractivity contribution is 5.98. The van der Waals surface area contributed by atoms with E-state index in [1.54, 1.807) is 4.90 Å². The Bertz CT molecular complexity index is 309. The van der Waals surface area contributed by atoms with Gasteiger partial charge in [-0.3, -0.25) is 9.59 Å². The van der Waals surface area contributed by atoms with Crippen LogP contribution < -0.4 is 5.32 Å². The second-order valence-corrected chi connectivity index (χ2v) is 5.27. The third-order valence-electron chi connectivity index (χ3n) is 3.90. The van der Waals surface area contributed by atoms with Gasteiger partial charge in [0.05, 0.1) is 6.54 Å². The van der Waals surface area contributed by atoms with Crippen molar-refractivity contribution in [3.63, 3.8) is 0 Å². The van der Waals surface area contributed by atoms with Crippen molar-refractivity contribution in [2.45, 2.75) is 57.4 Å². The van der Waals surface area contributed by atoms with Crippen LogP contribution in [0.25, 0.3) is 0 Å². The van der Waals surface area contributed by atoms with Gasteiger partial charge < -0.3 is 10.2 Å². The van der Waals surface area contributed by atoms with Gasteiger partial charge in [0.2, 0.25) is 11.8 Å². The first kappa shape index (κ1) is 12.4. The van der Waals surface area contributed by atoms with Crippen molar-refractivity contribution < 1.29 is 9.59 Å².